The molecule has 1 aromatic rings. The largest absolute Gasteiger partial charge is 0.496 e. The first-order valence-corrected chi connectivity index (χ1v) is 5.90. The fourth-order valence-corrected chi connectivity index (χ4v) is 1.82. The molecule has 0 saturated carbocycles. The molecule has 17 heavy (non-hydrogen) atoms. The van der Waals surface area contributed by atoms with Gasteiger partial charge in [0.1, 0.15) is 11.9 Å². The van der Waals surface area contributed by atoms with Crippen LogP contribution in [0.3, 0.4) is 0 Å². The molecule has 0 saturated heterocycles. The van der Waals surface area contributed by atoms with Crippen LogP contribution in [0.5, 0.6) is 5.75 Å². The molecular formula is C14H20O3. The second kappa shape index (κ2) is 7.07. The van der Waals surface area contributed by atoms with Gasteiger partial charge in [0.25, 0.3) is 0 Å². The van der Waals surface area contributed by atoms with Crippen LogP contribution in [0.1, 0.15) is 25.3 Å². The maximum absolute atomic E-state index is 12.0. The molecule has 0 amide bonds. The van der Waals surface area contributed by atoms with Crippen molar-refractivity contribution in [3.8, 4) is 5.75 Å². The van der Waals surface area contributed by atoms with Crippen LogP contribution in [-0.4, -0.2) is 26.1 Å². The maximum Gasteiger partial charge on any atom is 0.166 e. The van der Waals surface area contributed by atoms with Crippen LogP contribution in [0.25, 0.3) is 0 Å². The number of para-hydroxylation sites is 1. The summed E-state index contributed by atoms with van der Waals surface area (Å²) in [4.78, 5) is 12.0. The smallest absolute Gasteiger partial charge is 0.166 e. The van der Waals surface area contributed by atoms with Gasteiger partial charge < -0.3 is 9.47 Å². The number of hydrogen-bond acceptors (Lipinski definition) is 3. The average Bonchev–Trinajstić information content (AvgIpc) is 2.36. The summed E-state index contributed by atoms with van der Waals surface area (Å²) in [6, 6.07) is 7.58. The van der Waals surface area contributed by atoms with Crippen molar-refractivity contribution in [2.24, 2.45) is 0 Å². The van der Waals surface area contributed by atoms with Crippen LogP contribution in [-0.2, 0) is 16.0 Å². The first-order valence-electron chi connectivity index (χ1n) is 5.90. The highest BCUT2D eigenvalue weighted by molar-refractivity contribution is 5.85. The van der Waals surface area contributed by atoms with Gasteiger partial charge in [-0.05, 0) is 12.5 Å². The molecule has 0 bridgehead atoms. The zero-order valence-corrected chi connectivity index (χ0v) is 10.7. The first kappa shape index (κ1) is 13.7. The summed E-state index contributed by atoms with van der Waals surface area (Å²) < 4.78 is 10.4. The molecule has 0 aliphatic carbocycles. The lowest BCUT2D eigenvalue weighted by Crippen LogP contribution is -2.24. The minimum absolute atomic E-state index is 0.110. The van der Waals surface area contributed by atoms with Gasteiger partial charge in [-0.3, -0.25) is 4.79 Å². The highest BCUT2D eigenvalue weighted by Crippen LogP contribution is 2.19. The zero-order chi connectivity index (χ0) is 12.7. The number of ether oxygens (including phenoxy) is 2. The van der Waals surface area contributed by atoms with Gasteiger partial charge in [0.15, 0.2) is 5.78 Å². The van der Waals surface area contributed by atoms with Crippen LogP contribution in [0.15, 0.2) is 24.3 Å². The molecule has 0 spiro atoms. The molecule has 0 radical (unpaired) electrons. The molecule has 1 atom stereocenters. The molecule has 0 aliphatic heterocycles. The third kappa shape index (κ3) is 3.86. The molecule has 0 N–H and O–H groups in total. The van der Waals surface area contributed by atoms with Gasteiger partial charge in [-0.1, -0.05) is 31.5 Å². The van der Waals surface area contributed by atoms with Crippen LogP contribution in [0, 0.1) is 0 Å². The average molecular weight is 236 g/mol. The minimum atomic E-state index is -0.301. The summed E-state index contributed by atoms with van der Waals surface area (Å²) in [7, 11) is 3.20. The quantitative estimate of drug-likeness (QED) is 0.730. The van der Waals surface area contributed by atoms with Crippen LogP contribution in [0.2, 0.25) is 0 Å². The van der Waals surface area contributed by atoms with Crippen molar-refractivity contribution in [3.63, 3.8) is 0 Å². The number of carbonyl (C=O) groups is 1. The van der Waals surface area contributed by atoms with E-state index in [1.165, 1.54) is 0 Å². The molecule has 3 heteroatoms. The fraction of sp³-hybridized carbons (Fsp3) is 0.500. The zero-order valence-electron chi connectivity index (χ0n) is 10.7. The lowest BCUT2D eigenvalue weighted by atomic mass is 10.0. The number of Topliss-reactive ketones (excluding diaryl/α,β-unsaturated/α-hetero) is 1. The molecule has 0 aliphatic rings. The Morgan fingerprint density at radius 3 is 2.59 bits per heavy atom. The summed E-state index contributed by atoms with van der Waals surface area (Å²) in [6.07, 6.45) is 1.77. The summed E-state index contributed by atoms with van der Waals surface area (Å²) in [6.45, 7) is 2.04. The number of benzene rings is 1. The first-order chi connectivity index (χ1) is 8.22. The summed E-state index contributed by atoms with van der Waals surface area (Å²) in [5, 5.41) is 0. The Labute approximate surface area is 103 Å². The Kier molecular flexibility index (Phi) is 5.70. The van der Waals surface area contributed by atoms with Crippen molar-refractivity contribution >= 4 is 5.78 Å². The van der Waals surface area contributed by atoms with E-state index in [0.29, 0.717) is 6.42 Å². The molecule has 94 valence electrons. The van der Waals surface area contributed by atoms with Gasteiger partial charge in [-0.25, -0.2) is 0 Å². The standard InChI is InChI=1S/C14H20O3/c1-4-7-14(17-3)12(15)10-11-8-5-6-9-13(11)16-2/h5-6,8-9,14H,4,7,10H2,1-3H3. The molecular weight excluding hydrogens is 216 g/mol. The van der Waals surface area contributed by atoms with E-state index < -0.39 is 0 Å². The SMILES string of the molecule is CCCC(OC)C(=O)Cc1ccccc1OC. The van der Waals surface area contributed by atoms with Gasteiger partial charge >= 0.3 is 0 Å². The lowest BCUT2D eigenvalue weighted by Gasteiger charge is -2.14. The normalized spacial score (nSPS) is 12.2. The molecule has 0 heterocycles. The van der Waals surface area contributed by atoms with E-state index in [1.807, 2.05) is 31.2 Å². The van der Waals surface area contributed by atoms with Gasteiger partial charge in [0, 0.05) is 19.1 Å². The van der Waals surface area contributed by atoms with Crippen molar-refractivity contribution in [1.29, 1.82) is 0 Å². The number of hydrogen-bond donors (Lipinski definition) is 0. The second-order valence-electron chi connectivity index (χ2n) is 3.97. The number of methoxy groups -OCH3 is 2. The molecule has 0 aromatic heterocycles. The topological polar surface area (TPSA) is 35.5 Å². The van der Waals surface area contributed by atoms with Crippen LogP contribution in [0.4, 0.5) is 0 Å². The van der Waals surface area contributed by atoms with Crippen molar-refractivity contribution < 1.29 is 14.3 Å². The minimum Gasteiger partial charge on any atom is -0.496 e. The van der Waals surface area contributed by atoms with Gasteiger partial charge in [-0.15, -0.1) is 0 Å². The monoisotopic (exact) mass is 236 g/mol. The Morgan fingerprint density at radius 1 is 1.29 bits per heavy atom. The van der Waals surface area contributed by atoms with Crippen molar-refractivity contribution in [3.05, 3.63) is 29.8 Å². The lowest BCUT2D eigenvalue weighted by molar-refractivity contribution is -0.128. The summed E-state index contributed by atoms with van der Waals surface area (Å²) in [5.74, 6) is 0.867. The number of rotatable bonds is 7. The Morgan fingerprint density at radius 2 is 2.00 bits per heavy atom. The maximum atomic E-state index is 12.0. The summed E-state index contributed by atoms with van der Waals surface area (Å²) in [5.41, 5.74) is 0.915. The van der Waals surface area contributed by atoms with E-state index in [-0.39, 0.29) is 11.9 Å². The van der Waals surface area contributed by atoms with Crippen LogP contribution < -0.4 is 4.74 Å². The predicted octanol–water partition coefficient (Wildman–Crippen LogP) is 2.62. The second-order valence-corrected chi connectivity index (χ2v) is 3.97. The van der Waals surface area contributed by atoms with Gasteiger partial charge in [0.05, 0.1) is 7.11 Å². The Bertz CT molecular complexity index is 360. The molecule has 1 rings (SSSR count). The highest BCUT2D eigenvalue weighted by Gasteiger charge is 2.18. The molecule has 1 unspecified atom stereocenters. The molecule has 3 nitrogen and oxygen atoms in total. The van der Waals surface area contributed by atoms with Crippen molar-refractivity contribution in [2.45, 2.75) is 32.3 Å². The van der Waals surface area contributed by atoms with E-state index in [9.17, 15) is 4.79 Å². The number of carbonyl (C=O) groups excluding carboxylic acids is 1. The molecule has 1 aromatic carbocycles. The van der Waals surface area contributed by atoms with Gasteiger partial charge in [0.2, 0.25) is 0 Å². The van der Waals surface area contributed by atoms with E-state index in [2.05, 4.69) is 0 Å². The van der Waals surface area contributed by atoms with E-state index in [4.69, 9.17) is 9.47 Å². The summed E-state index contributed by atoms with van der Waals surface area (Å²) >= 11 is 0. The predicted molar refractivity (Wildman–Crippen MR) is 67.4 cm³/mol. The van der Waals surface area contributed by atoms with Crippen LogP contribution >= 0.6 is 0 Å². The van der Waals surface area contributed by atoms with Gasteiger partial charge in [-0.2, -0.15) is 0 Å². The third-order valence-electron chi connectivity index (χ3n) is 2.75. The Hall–Kier alpha value is -1.35. The fourth-order valence-electron chi connectivity index (χ4n) is 1.82. The van der Waals surface area contributed by atoms with Crippen molar-refractivity contribution in [1.82, 2.24) is 0 Å². The van der Waals surface area contributed by atoms with E-state index in [1.54, 1.807) is 14.2 Å². The third-order valence-corrected chi connectivity index (χ3v) is 2.75. The number of ketones is 1. The van der Waals surface area contributed by atoms with Crippen molar-refractivity contribution in [2.75, 3.05) is 14.2 Å². The Balaban J connectivity index is 2.72. The molecule has 0 fully saturated rings. The highest BCUT2D eigenvalue weighted by atomic mass is 16.5. The van der Waals surface area contributed by atoms with E-state index >= 15 is 0 Å². The van der Waals surface area contributed by atoms with E-state index in [0.717, 1.165) is 24.2 Å².